The van der Waals surface area contributed by atoms with Gasteiger partial charge in [0.25, 0.3) is 0 Å². The predicted octanol–water partition coefficient (Wildman–Crippen LogP) is 0.203. The lowest BCUT2D eigenvalue weighted by Crippen LogP contribution is -2.50. The van der Waals surface area contributed by atoms with Gasteiger partial charge in [-0.2, -0.15) is 4.31 Å². The number of hydrogen-bond donors (Lipinski definition) is 1. The lowest BCUT2D eigenvalue weighted by Gasteiger charge is -2.34. The van der Waals surface area contributed by atoms with Gasteiger partial charge in [-0.05, 0) is 11.4 Å². The summed E-state index contributed by atoms with van der Waals surface area (Å²) in [6.07, 6.45) is 0.686. The highest BCUT2D eigenvalue weighted by Crippen LogP contribution is 2.10. The van der Waals surface area contributed by atoms with Crippen LogP contribution in [0.3, 0.4) is 0 Å². The lowest BCUT2D eigenvalue weighted by molar-refractivity contribution is 0.00613. The highest BCUT2D eigenvalue weighted by molar-refractivity contribution is 7.88. The maximum atomic E-state index is 11.4. The van der Waals surface area contributed by atoms with Crippen LogP contribution in [0, 0.1) is 0 Å². The van der Waals surface area contributed by atoms with Gasteiger partial charge < -0.3 is 9.84 Å². The Labute approximate surface area is 130 Å². The molecule has 0 bridgehead atoms. The van der Waals surface area contributed by atoms with Gasteiger partial charge in [0.2, 0.25) is 10.0 Å². The summed E-state index contributed by atoms with van der Waals surface area (Å²) in [5, 5.41) is 12.0. The fourth-order valence-electron chi connectivity index (χ4n) is 2.28. The minimum atomic E-state index is -3.10. The van der Waals surface area contributed by atoms with Gasteiger partial charge in [-0.15, -0.1) is 11.3 Å². The highest BCUT2D eigenvalue weighted by atomic mass is 32.2. The number of β-amino-alcohol motifs (C(OH)–C–C–N with tert-alkyl or cyclic N) is 1. The fraction of sp³-hybridized carbons (Fsp3) is 0.692. The van der Waals surface area contributed by atoms with Crippen molar-refractivity contribution in [1.29, 1.82) is 0 Å². The van der Waals surface area contributed by atoms with Crippen molar-refractivity contribution in [3.8, 4) is 0 Å². The van der Waals surface area contributed by atoms with E-state index in [1.807, 2.05) is 17.5 Å². The molecule has 1 aliphatic rings. The molecular weight excluding hydrogens is 312 g/mol. The van der Waals surface area contributed by atoms with Gasteiger partial charge in [0.1, 0.15) is 0 Å². The Morgan fingerprint density at radius 1 is 1.38 bits per heavy atom. The third-order valence-electron chi connectivity index (χ3n) is 3.40. The van der Waals surface area contributed by atoms with E-state index in [1.54, 1.807) is 11.3 Å². The number of aliphatic hydroxyl groups excluding tert-OH is 1. The van der Waals surface area contributed by atoms with Crippen LogP contribution in [-0.4, -0.2) is 74.4 Å². The van der Waals surface area contributed by atoms with Crippen molar-refractivity contribution in [3.63, 3.8) is 0 Å². The van der Waals surface area contributed by atoms with E-state index in [0.717, 1.165) is 4.88 Å². The summed E-state index contributed by atoms with van der Waals surface area (Å²) in [7, 11) is -3.10. The van der Waals surface area contributed by atoms with E-state index in [2.05, 4.69) is 4.90 Å². The smallest absolute Gasteiger partial charge is 0.211 e. The standard InChI is InChI=1S/C13H22N2O4S2/c1-21(17,18)15-6-4-14(5-7-15)9-12(16)10-19-11-13-3-2-8-20-13/h2-3,8,12,16H,4-7,9-11H2,1H3/t12-/m1/s1. The topological polar surface area (TPSA) is 70.1 Å². The zero-order chi connectivity index (χ0) is 15.3. The first-order valence-electron chi connectivity index (χ1n) is 6.91. The average molecular weight is 334 g/mol. The van der Waals surface area contributed by atoms with Crippen LogP contribution in [0.1, 0.15) is 4.88 Å². The Balaban J connectivity index is 1.64. The molecule has 8 heteroatoms. The largest absolute Gasteiger partial charge is 0.389 e. The number of piperazine rings is 1. The third kappa shape index (κ3) is 5.65. The summed E-state index contributed by atoms with van der Waals surface area (Å²) >= 11 is 1.63. The van der Waals surface area contributed by atoms with E-state index in [4.69, 9.17) is 4.74 Å². The molecule has 2 rings (SSSR count). The molecule has 0 aliphatic carbocycles. The molecule has 2 heterocycles. The number of nitrogens with zero attached hydrogens (tertiary/aromatic N) is 2. The lowest BCUT2D eigenvalue weighted by atomic mass is 10.3. The van der Waals surface area contributed by atoms with Crippen LogP contribution < -0.4 is 0 Å². The van der Waals surface area contributed by atoms with E-state index >= 15 is 0 Å². The molecule has 1 saturated heterocycles. The van der Waals surface area contributed by atoms with Gasteiger partial charge in [0, 0.05) is 37.6 Å². The van der Waals surface area contributed by atoms with Crippen molar-refractivity contribution in [3.05, 3.63) is 22.4 Å². The number of thiophene rings is 1. The number of hydrogen-bond acceptors (Lipinski definition) is 6. The minimum absolute atomic E-state index is 0.296. The van der Waals surface area contributed by atoms with E-state index < -0.39 is 16.1 Å². The van der Waals surface area contributed by atoms with E-state index in [9.17, 15) is 13.5 Å². The van der Waals surface area contributed by atoms with Crippen molar-refractivity contribution in [1.82, 2.24) is 9.21 Å². The van der Waals surface area contributed by atoms with E-state index in [0.29, 0.717) is 45.9 Å². The zero-order valence-corrected chi connectivity index (χ0v) is 13.8. The second-order valence-electron chi connectivity index (χ2n) is 5.21. The highest BCUT2D eigenvalue weighted by Gasteiger charge is 2.24. The maximum Gasteiger partial charge on any atom is 0.211 e. The maximum absolute atomic E-state index is 11.4. The molecule has 1 fully saturated rings. The summed E-state index contributed by atoms with van der Waals surface area (Å²) in [5.41, 5.74) is 0. The van der Waals surface area contributed by atoms with E-state index in [-0.39, 0.29) is 0 Å². The molecule has 1 aliphatic heterocycles. The molecule has 0 saturated carbocycles. The molecule has 0 radical (unpaired) electrons. The van der Waals surface area contributed by atoms with E-state index in [1.165, 1.54) is 10.6 Å². The second kappa shape index (κ2) is 7.66. The molecule has 120 valence electrons. The SMILES string of the molecule is CS(=O)(=O)N1CCN(C[C@@H](O)COCc2cccs2)CC1. The Morgan fingerprint density at radius 3 is 2.67 bits per heavy atom. The monoisotopic (exact) mass is 334 g/mol. The molecule has 1 aromatic rings. The molecule has 21 heavy (non-hydrogen) atoms. The summed E-state index contributed by atoms with van der Waals surface area (Å²) in [4.78, 5) is 3.21. The molecule has 0 unspecified atom stereocenters. The fourth-order valence-corrected chi connectivity index (χ4v) is 3.75. The Hall–Kier alpha value is -0.510. The summed E-state index contributed by atoms with van der Waals surface area (Å²) < 4.78 is 29.8. The minimum Gasteiger partial charge on any atom is -0.389 e. The van der Waals surface area contributed by atoms with Gasteiger partial charge in [-0.25, -0.2) is 8.42 Å². The predicted molar refractivity (Wildman–Crippen MR) is 82.8 cm³/mol. The van der Waals surface area contributed by atoms with Gasteiger partial charge in [-0.1, -0.05) is 6.07 Å². The van der Waals surface area contributed by atoms with Gasteiger partial charge in [0.15, 0.2) is 0 Å². The Kier molecular flexibility index (Phi) is 6.15. The van der Waals surface area contributed by atoms with Crippen LogP contribution in [0.2, 0.25) is 0 Å². The first kappa shape index (κ1) is 16.9. The normalized spacial score (nSPS) is 19.7. The second-order valence-corrected chi connectivity index (χ2v) is 8.23. The summed E-state index contributed by atoms with van der Waals surface area (Å²) in [6, 6.07) is 3.97. The first-order valence-corrected chi connectivity index (χ1v) is 9.63. The third-order valence-corrected chi connectivity index (χ3v) is 5.56. The van der Waals surface area contributed by atoms with Crippen LogP contribution in [-0.2, 0) is 21.4 Å². The summed E-state index contributed by atoms with van der Waals surface area (Å²) in [5.74, 6) is 0. The zero-order valence-electron chi connectivity index (χ0n) is 12.1. The number of aliphatic hydroxyl groups is 1. The van der Waals surface area contributed by atoms with Crippen molar-refractivity contribution in [2.45, 2.75) is 12.7 Å². The molecule has 0 spiro atoms. The van der Waals surface area contributed by atoms with Gasteiger partial charge in [-0.3, -0.25) is 4.90 Å². The molecule has 6 nitrogen and oxygen atoms in total. The molecule has 1 aromatic heterocycles. The molecule has 0 aromatic carbocycles. The molecule has 0 amide bonds. The summed E-state index contributed by atoms with van der Waals surface area (Å²) in [6.45, 7) is 3.61. The van der Waals surface area contributed by atoms with Crippen LogP contribution in [0.4, 0.5) is 0 Å². The van der Waals surface area contributed by atoms with Crippen LogP contribution in [0.25, 0.3) is 0 Å². The van der Waals surface area contributed by atoms with Crippen LogP contribution in [0.5, 0.6) is 0 Å². The Bertz CT molecular complexity index is 510. The van der Waals surface area contributed by atoms with Crippen molar-refractivity contribution >= 4 is 21.4 Å². The van der Waals surface area contributed by atoms with Crippen molar-refractivity contribution in [2.24, 2.45) is 0 Å². The van der Waals surface area contributed by atoms with Crippen LogP contribution in [0.15, 0.2) is 17.5 Å². The van der Waals surface area contributed by atoms with Gasteiger partial charge >= 0.3 is 0 Å². The quantitative estimate of drug-likeness (QED) is 0.771. The van der Waals surface area contributed by atoms with Crippen molar-refractivity contribution in [2.75, 3.05) is 45.6 Å². The number of ether oxygens (including phenoxy) is 1. The van der Waals surface area contributed by atoms with Gasteiger partial charge in [0.05, 0.1) is 25.6 Å². The number of sulfonamides is 1. The Morgan fingerprint density at radius 2 is 2.10 bits per heavy atom. The first-order chi connectivity index (χ1) is 9.95. The molecule has 1 atom stereocenters. The molecular formula is C13H22N2O4S2. The average Bonchev–Trinajstić information content (AvgIpc) is 2.91. The number of rotatable bonds is 7. The van der Waals surface area contributed by atoms with Crippen molar-refractivity contribution < 1.29 is 18.3 Å². The molecule has 1 N–H and O–H groups in total. The van der Waals surface area contributed by atoms with Crippen LogP contribution >= 0.6 is 11.3 Å².